The van der Waals surface area contributed by atoms with Crippen LogP contribution in [0.4, 0.5) is 5.69 Å². The SMILES string of the molecule is COC(=O)C=C(Nc1ccccc1OCCO)C(N)=O. The maximum absolute atomic E-state index is 11.3. The number of aliphatic hydroxyl groups excluding tert-OH is 1. The average Bonchev–Trinajstić information content (AvgIpc) is 2.45. The third kappa shape index (κ3) is 4.62. The predicted molar refractivity (Wildman–Crippen MR) is 71.9 cm³/mol. The number of methoxy groups -OCH3 is 1. The smallest absolute Gasteiger partial charge is 0.332 e. The number of carbonyl (C=O) groups excluding carboxylic acids is 2. The minimum atomic E-state index is -0.813. The first-order valence-corrected chi connectivity index (χ1v) is 5.77. The molecule has 1 aromatic carbocycles. The van der Waals surface area contributed by atoms with Crippen molar-refractivity contribution in [1.29, 1.82) is 0 Å². The van der Waals surface area contributed by atoms with Crippen molar-refractivity contribution in [1.82, 2.24) is 0 Å². The molecule has 0 atom stereocenters. The van der Waals surface area contributed by atoms with Gasteiger partial charge in [0.2, 0.25) is 0 Å². The highest BCUT2D eigenvalue weighted by atomic mass is 16.5. The predicted octanol–water partition coefficient (Wildman–Crippen LogP) is 0.0118. The molecule has 0 heterocycles. The number of nitrogens with two attached hydrogens (primary N) is 1. The Bertz CT molecular complexity index is 513. The lowest BCUT2D eigenvalue weighted by atomic mass is 10.2. The first kappa shape index (κ1) is 15.5. The van der Waals surface area contributed by atoms with Gasteiger partial charge in [-0.1, -0.05) is 12.1 Å². The van der Waals surface area contributed by atoms with E-state index >= 15 is 0 Å². The monoisotopic (exact) mass is 280 g/mol. The van der Waals surface area contributed by atoms with Gasteiger partial charge in [-0.3, -0.25) is 4.79 Å². The summed E-state index contributed by atoms with van der Waals surface area (Å²) in [6.45, 7) is -0.0413. The van der Waals surface area contributed by atoms with Gasteiger partial charge in [0.05, 0.1) is 25.5 Å². The zero-order valence-electron chi connectivity index (χ0n) is 11.0. The minimum Gasteiger partial charge on any atom is -0.489 e. The van der Waals surface area contributed by atoms with Crippen LogP contribution in [-0.2, 0) is 14.3 Å². The maximum atomic E-state index is 11.3. The van der Waals surface area contributed by atoms with Gasteiger partial charge in [-0.2, -0.15) is 0 Å². The largest absolute Gasteiger partial charge is 0.489 e. The summed E-state index contributed by atoms with van der Waals surface area (Å²) in [7, 11) is 1.19. The summed E-state index contributed by atoms with van der Waals surface area (Å²) in [4.78, 5) is 22.4. The number of esters is 1. The second kappa shape index (κ2) is 7.80. The number of nitrogens with one attached hydrogen (secondary N) is 1. The summed E-state index contributed by atoms with van der Waals surface area (Å²) < 4.78 is 9.73. The Morgan fingerprint density at radius 2 is 2.10 bits per heavy atom. The van der Waals surface area contributed by atoms with Crippen LogP contribution in [0.15, 0.2) is 36.0 Å². The Hall–Kier alpha value is -2.54. The number of ether oxygens (including phenoxy) is 2. The summed E-state index contributed by atoms with van der Waals surface area (Å²) in [6, 6.07) is 6.73. The molecule has 0 fully saturated rings. The summed E-state index contributed by atoms with van der Waals surface area (Å²) in [6.07, 6.45) is 0.950. The van der Waals surface area contributed by atoms with Crippen LogP contribution in [0.1, 0.15) is 0 Å². The fourth-order valence-corrected chi connectivity index (χ4v) is 1.34. The molecule has 1 aromatic rings. The van der Waals surface area contributed by atoms with Crippen LogP contribution in [-0.4, -0.2) is 37.3 Å². The third-order valence-corrected chi connectivity index (χ3v) is 2.23. The summed E-state index contributed by atoms with van der Waals surface area (Å²) in [5.74, 6) is -1.11. The first-order valence-electron chi connectivity index (χ1n) is 5.77. The Morgan fingerprint density at radius 3 is 2.70 bits per heavy atom. The van der Waals surface area contributed by atoms with E-state index in [1.807, 2.05) is 0 Å². The van der Waals surface area contributed by atoms with Crippen LogP contribution in [0, 0.1) is 0 Å². The van der Waals surface area contributed by atoms with E-state index < -0.39 is 11.9 Å². The lowest BCUT2D eigenvalue weighted by Crippen LogP contribution is -2.21. The van der Waals surface area contributed by atoms with Gasteiger partial charge < -0.3 is 25.6 Å². The highest BCUT2D eigenvalue weighted by molar-refractivity contribution is 6.01. The van der Waals surface area contributed by atoms with Crippen molar-refractivity contribution in [2.45, 2.75) is 0 Å². The van der Waals surface area contributed by atoms with Crippen molar-refractivity contribution in [3.8, 4) is 5.75 Å². The van der Waals surface area contributed by atoms with Crippen LogP contribution >= 0.6 is 0 Å². The Morgan fingerprint density at radius 1 is 1.40 bits per heavy atom. The maximum Gasteiger partial charge on any atom is 0.332 e. The quantitative estimate of drug-likeness (QED) is 0.479. The highest BCUT2D eigenvalue weighted by Gasteiger charge is 2.11. The third-order valence-electron chi connectivity index (χ3n) is 2.23. The lowest BCUT2D eigenvalue weighted by Gasteiger charge is -2.13. The van der Waals surface area contributed by atoms with Crippen LogP contribution in [0.3, 0.4) is 0 Å². The van der Waals surface area contributed by atoms with E-state index in [1.165, 1.54) is 7.11 Å². The molecule has 108 valence electrons. The van der Waals surface area contributed by atoms with Crippen LogP contribution in [0.5, 0.6) is 5.75 Å². The fourth-order valence-electron chi connectivity index (χ4n) is 1.34. The molecule has 7 heteroatoms. The molecular formula is C13H16N2O5. The van der Waals surface area contributed by atoms with Gasteiger partial charge in [0, 0.05) is 0 Å². The van der Waals surface area contributed by atoms with Gasteiger partial charge in [-0.25, -0.2) is 4.79 Å². The number of carbonyl (C=O) groups is 2. The molecule has 1 amide bonds. The number of primary amides is 1. The molecule has 0 unspecified atom stereocenters. The van der Waals surface area contributed by atoms with E-state index in [-0.39, 0.29) is 18.9 Å². The average molecular weight is 280 g/mol. The van der Waals surface area contributed by atoms with Gasteiger partial charge in [0.1, 0.15) is 18.1 Å². The van der Waals surface area contributed by atoms with Crippen molar-refractivity contribution in [2.24, 2.45) is 5.73 Å². The van der Waals surface area contributed by atoms with Gasteiger partial charge in [0.15, 0.2) is 0 Å². The molecular weight excluding hydrogens is 264 g/mol. The zero-order valence-corrected chi connectivity index (χ0v) is 11.0. The van der Waals surface area contributed by atoms with Crippen molar-refractivity contribution in [3.05, 3.63) is 36.0 Å². The standard InChI is InChI=1S/C13H16N2O5/c1-19-12(17)8-10(13(14)18)15-9-4-2-3-5-11(9)20-7-6-16/h2-5,8,15-16H,6-7H2,1H3,(H2,14,18). The Balaban J connectivity index is 2.97. The number of anilines is 1. The van der Waals surface area contributed by atoms with Crippen molar-refractivity contribution in [2.75, 3.05) is 25.6 Å². The topological polar surface area (TPSA) is 111 Å². The van der Waals surface area contributed by atoms with E-state index in [0.29, 0.717) is 11.4 Å². The highest BCUT2D eigenvalue weighted by Crippen LogP contribution is 2.25. The van der Waals surface area contributed by atoms with Gasteiger partial charge >= 0.3 is 5.97 Å². The fraction of sp³-hybridized carbons (Fsp3) is 0.231. The zero-order chi connectivity index (χ0) is 15.0. The molecule has 0 aliphatic heterocycles. The minimum absolute atomic E-state index is 0.102. The summed E-state index contributed by atoms with van der Waals surface area (Å²) in [5.41, 5.74) is 5.49. The molecule has 0 bridgehead atoms. The molecule has 0 radical (unpaired) electrons. The molecule has 4 N–H and O–H groups in total. The van der Waals surface area contributed by atoms with Crippen LogP contribution in [0.25, 0.3) is 0 Å². The molecule has 1 rings (SSSR count). The van der Waals surface area contributed by atoms with E-state index in [4.69, 9.17) is 15.6 Å². The second-order valence-corrected chi connectivity index (χ2v) is 3.64. The van der Waals surface area contributed by atoms with Gasteiger partial charge in [-0.15, -0.1) is 0 Å². The molecule has 0 aliphatic rings. The summed E-state index contributed by atoms with van der Waals surface area (Å²) in [5, 5.41) is 11.4. The number of aliphatic hydroxyl groups is 1. The molecule has 0 aliphatic carbocycles. The molecule has 7 nitrogen and oxygen atoms in total. The van der Waals surface area contributed by atoms with Gasteiger partial charge in [-0.05, 0) is 12.1 Å². The van der Waals surface area contributed by atoms with E-state index in [9.17, 15) is 9.59 Å². The van der Waals surface area contributed by atoms with Crippen molar-refractivity contribution < 1.29 is 24.2 Å². The Labute approximate surface area is 116 Å². The number of hydrogen-bond donors (Lipinski definition) is 3. The van der Waals surface area contributed by atoms with E-state index in [0.717, 1.165) is 6.08 Å². The lowest BCUT2D eigenvalue weighted by molar-refractivity contribution is -0.135. The summed E-state index contributed by atoms with van der Waals surface area (Å²) >= 11 is 0. The normalized spacial score (nSPS) is 10.8. The number of rotatable bonds is 7. The van der Waals surface area contributed by atoms with Crippen LogP contribution in [0.2, 0.25) is 0 Å². The first-order chi connectivity index (χ1) is 9.58. The van der Waals surface area contributed by atoms with Crippen LogP contribution < -0.4 is 15.8 Å². The number of benzene rings is 1. The molecule has 0 saturated heterocycles. The molecule has 20 heavy (non-hydrogen) atoms. The van der Waals surface area contributed by atoms with Gasteiger partial charge in [0.25, 0.3) is 5.91 Å². The molecule has 0 saturated carbocycles. The molecule has 0 aromatic heterocycles. The molecule has 0 spiro atoms. The number of amides is 1. The number of hydrogen-bond acceptors (Lipinski definition) is 6. The van der Waals surface area contributed by atoms with E-state index in [2.05, 4.69) is 10.1 Å². The van der Waals surface area contributed by atoms with Crippen molar-refractivity contribution in [3.63, 3.8) is 0 Å². The second-order valence-electron chi connectivity index (χ2n) is 3.64. The number of para-hydroxylation sites is 2. The van der Waals surface area contributed by atoms with E-state index in [1.54, 1.807) is 24.3 Å². The Kier molecular flexibility index (Phi) is 6.05. The van der Waals surface area contributed by atoms with Crippen molar-refractivity contribution >= 4 is 17.6 Å².